The summed E-state index contributed by atoms with van der Waals surface area (Å²) in [6.07, 6.45) is 1.17. The van der Waals surface area contributed by atoms with E-state index in [1.807, 2.05) is 19.1 Å². The zero-order chi connectivity index (χ0) is 22.5. The van der Waals surface area contributed by atoms with Crippen LogP contribution in [0.1, 0.15) is 50.4 Å². The molecule has 0 fully saturated rings. The molecule has 164 valence electrons. The maximum absolute atomic E-state index is 12.2. The molecule has 0 aliphatic heterocycles. The first-order chi connectivity index (χ1) is 13.9. The molecule has 0 aromatic heterocycles. The normalized spacial score (nSPS) is 13.2. The molecule has 0 aliphatic rings. The minimum Gasteiger partial charge on any atom is -0.484 e. The molecule has 7 heteroatoms. The summed E-state index contributed by atoms with van der Waals surface area (Å²) >= 11 is 0. The molecule has 1 unspecified atom stereocenters. The van der Waals surface area contributed by atoms with Gasteiger partial charge in [-0.3, -0.25) is 4.79 Å². The van der Waals surface area contributed by atoms with Crippen LogP contribution in [0.2, 0.25) is 0 Å². The summed E-state index contributed by atoms with van der Waals surface area (Å²) in [5.41, 5.74) is 3.22. The van der Waals surface area contributed by atoms with E-state index in [0.717, 1.165) is 11.1 Å². The Morgan fingerprint density at radius 1 is 1.07 bits per heavy atom. The molecule has 2 rings (SSSR count). The molecule has 0 bridgehead atoms. The van der Waals surface area contributed by atoms with Crippen molar-refractivity contribution in [2.24, 2.45) is 0 Å². The van der Waals surface area contributed by atoms with Crippen molar-refractivity contribution in [2.45, 2.75) is 45.7 Å². The predicted octanol–water partition coefficient (Wildman–Crippen LogP) is 3.63. The van der Waals surface area contributed by atoms with Crippen LogP contribution in [-0.2, 0) is 26.8 Å². The summed E-state index contributed by atoms with van der Waals surface area (Å²) < 4.78 is 29.8. The molecule has 0 radical (unpaired) electrons. The Kier molecular flexibility index (Phi) is 7.66. The van der Waals surface area contributed by atoms with E-state index in [9.17, 15) is 13.2 Å². The molecule has 1 atom stereocenters. The van der Waals surface area contributed by atoms with Gasteiger partial charge >= 0.3 is 0 Å². The van der Waals surface area contributed by atoms with Crippen LogP contribution >= 0.6 is 0 Å². The Bertz CT molecular complexity index is 946. The van der Waals surface area contributed by atoms with Crippen LogP contribution < -0.4 is 10.1 Å². The number of carbonyl (C=O) groups excluding carboxylic acids is 1. The van der Waals surface area contributed by atoms with E-state index < -0.39 is 10.0 Å². The molecule has 1 amide bonds. The number of hydrogen-bond donors (Lipinski definition) is 1. The van der Waals surface area contributed by atoms with Gasteiger partial charge in [-0.25, -0.2) is 12.7 Å². The maximum atomic E-state index is 12.2. The van der Waals surface area contributed by atoms with Gasteiger partial charge in [0.15, 0.2) is 6.61 Å². The second-order valence-electron chi connectivity index (χ2n) is 8.61. The Labute approximate surface area is 180 Å². The van der Waals surface area contributed by atoms with Crippen molar-refractivity contribution in [3.05, 3.63) is 65.2 Å². The first-order valence-electron chi connectivity index (χ1n) is 9.89. The zero-order valence-corrected chi connectivity index (χ0v) is 19.4. The fourth-order valence-corrected chi connectivity index (χ4v) is 3.24. The lowest BCUT2D eigenvalue weighted by Gasteiger charge is -2.20. The SMILES string of the molecule is CC(NC(=O)COc1ccc(CN(C)S(C)(=O)=O)cc1)c1ccc(C(C)(C)C)cc1. The lowest BCUT2D eigenvalue weighted by molar-refractivity contribution is -0.123. The van der Waals surface area contributed by atoms with Crippen molar-refractivity contribution in [3.8, 4) is 5.75 Å². The predicted molar refractivity (Wildman–Crippen MR) is 120 cm³/mol. The van der Waals surface area contributed by atoms with E-state index in [1.165, 1.54) is 23.2 Å². The second kappa shape index (κ2) is 9.62. The Morgan fingerprint density at radius 3 is 2.13 bits per heavy atom. The Balaban J connectivity index is 1.85. The third-order valence-corrected chi connectivity index (χ3v) is 6.18. The topological polar surface area (TPSA) is 75.7 Å². The number of sulfonamides is 1. The van der Waals surface area contributed by atoms with Crippen LogP contribution in [-0.4, -0.2) is 38.5 Å². The number of benzene rings is 2. The highest BCUT2D eigenvalue weighted by atomic mass is 32.2. The van der Waals surface area contributed by atoms with Gasteiger partial charge in [0.25, 0.3) is 5.91 Å². The van der Waals surface area contributed by atoms with Gasteiger partial charge in [0.2, 0.25) is 10.0 Å². The van der Waals surface area contributed by atoms with Gasteiger partial charge in [-0.1, -0.05) is 57.2 Å². The monoisotopic (exact) mass is 432 g/mol. The first-order valence-corrected chi connectivity index (χ1v) is 11.7. The molecular formula is C23H32N2O4S. The molecule has 1 N–H and O–H groups in total. The molecular weight excluding hydrogens is 400 g/mol. The average molecular weight is 433 g/mol. The third-order valence-electron chi connectivity index (χ3n) is 4.92. The van der Waals surface area contributed by atoms with Crippen LogP contribution in [0, 0.1) is 0 Å². The molecule has 2 aromatic rings. The highest BCUT2D eigenvalue weighted by Crippen LogP contribution is 2.24. The minimum atomic E-state index is -3.23. The van der Waals surface area contributed by atoms with E-state index in [2.05, 4.69) is 38.2 Å². The molecule has 0 spiro atoms. The Morgan fingerprint density at radius 2 is 1.63 bits per heavy atom. The molecule has 0 saturated heterocycles. The summed E-state index contributed by atoms with van der Waals surface area (Å²) in [5.74, 6) is 0.348. The van der Waals surface area contributed by atoms with Crippen LogP contribution in [0.15, 0.2) is 48.5 Å². The van der Waals surface area contributed by atoms with Gasteiger partial charge in [0.05, 0.1) is 12.3 Å². The number of amides is 1. The largest absolute Gasteiger partial charge is 0.484 e. The maximum Gasteiger partial charge on any atom is 0.258 e. The van der Waals surface area contributed by atoms with Crippen LogP contribution in [0.4, 0.5) is 0 Å². The van der Waals surface area contributed by atoms with E-state index in [-0.39, 0.29) is 30.5 Å². The third kappa shape index (κ3) is 7.15. The van der Waals surface area contributed by atoms with Crippen molar-refractivity contribution < 1.29 is 17.9 Å². The van der Waals surface area contributed by atoms with Crippen LogP contribution in [0.3, 0.4) is 0 Å². The summed E-state index contributed by atoms with van der Waals surface area (Å²) in [4.78, 5) is 12.2. The van der Waals surface area contributed by atoms with Crippen LogP contribution in [0.25, 0.3) is 0 Å². The standard InChI is InChI=1S/C23H32N2O4S/c1-17(19-9-11-20(12-10-19)23(2,3)4)24-22(26)16-29-21-13-7-18(8-14-21)15-25(5)30(6,27)28/h7-14,17H,15-16H2,1-6H3,(H,24,26). The fraction of sp³-hybridized carbons (Fsp3) is 0.435. The fourth-order valence-electron chi connectivity index (χ4n) is 2.85. The van der Waals surface area contributed by atoms with E-state index in [4.69, 9.17) is 4.74 Å². The van der Waals surface area contributed by atoms with Crippen molar-refractivity contribution in [3.63, 3.8) is 0 Å². The van der Waals surface area contributed by atoms with Crippen molar-refractivity contribution >= 4 is 15.9 Å². The highest BCUT2D eigenvalue weighted by molar-refractivity contribution is 7.88. The average Bonchev–Trinajstić information content (AvgIpc) is 2.66. The first kappa shape index (κ1) is 23.9. The number of hydrogen-bond acceptors (Lipinski definition) is 4. The summed E-state index contributed by atoms with van der Waals surface area (Å²) in [6.45, 7) is 8.64. The quantitative estimate of drug-likeness (QED) is 0.691. The Hall–Kier alpha value is -2.38. The number of carbonyl (C=O) groups is 1. The summed E-state index contributed by atoms with van der Waals surface area (Å²) in [7, 11) is -1.70. The van der Waals surface area contributed by atoms with E-state index >= 15 is 0 Å². The van der Waals surface area contributed by atoms with E-state index in [0.29, 0.717) is 5.75 Å². The smallest absolute Gasteiger partial charge is 0.258 e. The second-order valence-corrected chi connectivity index (χ2v) is 10.7. The summed E-state index contributed by atoms with van der Waals surface area (Å²) in [5, 5.41) is 2.94. The number of nitrogens with one attached hydrogen (secondary N) is 1. The zero-order valence-electron chi connectivity index (χ0n) is 18.6. The van der Waals surface area contributed by atoms with Crippen molar-refractivity contribution in [1.82, 2.24) is 9.62 Å². The van der Waals surface area contributed by atoms with Gasteiger partial charge in [-0.05, 0) is 41.2 Å². The van der Waals surface area contributed by atoms with Gasteiger partial charge in [0, 0.05) is 13.6 Å². The number of nitrogens with zero attached hydrogens (tertiary/aromatic N) is 1. The molecule has 0 heterocycles. The molecule has 0 saturated carbocycles. The highest BCUT2D eigenvalue weighted by Gasteiger charge is 2.15. The van der Waals surface area contributed by atoms with Gasteiger partial charge in [-0.2, -0.15) is 0 Å². The van der Waals surface area contributed by atoms with E-state index in [1.54, 1.807) is 24.3 Å². The number of rotatable bonds is 8. The molecule has 30 heavy (non-hydrogen) atoms. The van der Waals surface area contributed by atoms with Gasteiger partial charge < -0.3 is 10.1 Å². The van der Waals surface area contributed by atoms with Crippen molar-refractivity contribution in [1.29, 1.82) is 0 Å². The number of ether oxygens (including phenoxy) is 1. The lowest BCUT2D eigenvalue weighted by Crippen LogP contribution is -2.31. The van der Waals surface area contributed by atoms with Gasteiger partial charge in [-0.15, -0.1) is 0 Å². The lowest BCUT2D eigenvalue weighted by atomic mass is 9.86. The van der Waals surface area contributed by atoms with Gasteiger partial charge in [0.1, 0.15) is 5.75 Å². The van der Waals surface area contributed by atoms with Crippen molar-refractivity contribution in [2.75, 3.05) is 19.9 Å². The molecule has 2 aromatic carbocycles. The minimum absolute atomic E-state index is 0.0903. The molecule has 0 aliphatic carbocycles. The molecule has 6 nitrogen and oxygen atoms in total. The van der Waals surface area contributed by atoms with Crippen LogP contribution in [0.5, 0.6) is 5.75 Å². The summed E-state index contributed by atoms with van der Waals surface area (Å²) in [6, 6.07) is 15.2.